The lowest BCUT2D eigenvalue weighted by atomic mass is 9.97. The van der Waals surface area contributed by atoms with E-state index in [0.717, 1.165) is 29.1 Å². The van der Waals surface area contributed by atoms with E-state index in [4.69, 9.17) is 0 Å². The smallest absolute Gasteiger partial charge is 0.268 e. The van der Waals surface area contributed by atoms with Gasteiger partial charge < -0.3 is 0 Å². The van der Waals surface area contributed by atoms with Crippen molar-refractivity contribution >= 4 is 33.5 Å². The van der Waals surface area contributed by atoms with Crippen molar-refractivity contribution in [1.29, 1.82) is 0 Å². The van der Waals surface area contributed by atoms with Gasteiger partial charge in [0.25, 0.3) is 10.0 Å². The number of hydrogen-bond acceptors (Lipinski definition) is 4. The molecule has 0 atom stereocenters. The average molecular weight is 466 g/mol. The fourth-order valence-electron chi connectivity index (χ4n) is 4.16. The second kappa shape index (κ2) is 8.57. The summed E-state index contributed by atoms with van der Waals surface area (Å²) in [7, 11) is -3.97. The fourth-order valence-corrected chi connectivity index (χ4v) is 5.73. The molecule has 34 heavy (non-hydrogen) atoms. The zero-order valence-electron chi connectivity index (χ0n) is 18.0. The van der Waals surface area contributed by atoms with Crippen LogP contribution < -0.4 is 0 Å². The minimum Gasteiger partial charge on any atom is -0.298 e. The third-order valence-electron chi connectivity index (χ3n) is 5.77. The van der Waals surface area contributed by atoms with E-state index in [0.29, 0.717) is 27.9 Å². The first kappa shape index (κ1) is 21.6. The lowest BCUT2D eigenvalue weighted by Gasteiger charge is -2.14. The van der Waals surface area contributed by atoms with E-state index < -0.39 is 10.0 Å². The zero-order valence-corrected chi connectivity index (χ0v) is 18.8. The van der Waals surface area contributed by atoms with Crippen molar-refractivity contribution in [1.82, 2.24) is 3.97 Å². The summed E-state index contributed by atoms with van der Waals surface area (Å²) < 4.78 is 29.3. The highest BCUT2D eigenvalue weighted by atomic mass is 32.2. The van der Waals surface area contributed by atoms with Crippen molar-refractivity contribution in [2.45, 2.75) is 4.90 Å². The van der Waals surface area contributed by atoms with Gasteiger partial charge in [-0.15, -0.1) is 0 Å². The van der Waals surface area contributed by atoms with E-state index in [-0.39, 0.29) is 4.90 Å². The maximum Gasteiger partial charge on any atom is 0.268 e. The largest absolute Gasteiger partial charge is 0.298 e. The average Bonchev–Trinajstić information content (AvgIpc) is 3.25. The molecule has 0 spiro atoms. The summed E-state index contributed by atoms with van der Waals surface area (Å²) in [6.45, 7) is 0. The molecule has 0 N–H and O–H groups in total. The molecule has 0 bridgehead atoms. The fraction of sp³-hybridized carbons (Fsp3) is 0. The number of benzene rings is 4. The molecule has 0 saturated heterocycles. The van der Waals surface area contributed by atoms with Gasteiger partial charge >= 0.3 is 0 Å². The Morgan fingerprint density at radius 3 is 1.71 bits per heavy atom. The van der Waals surface area contributed by atoms with E-state index >= 15 is 0 Å². The summed E-state index contributed by atoms with van der Waals surface area (Å²) in [6.07, 6.45) is 1.52. The Morgan fingerprint density at radius 1 is 0.588 bits per heavy atom. The molecule has 5 nitrogen and oxygen atoms in total. The number of fused-ring (bicyclic) bond motifs is 1. The van der Waals surface area contributed by atoms with Gasteiger partial charge in [-0.1, -0.05) is 84.9 Å². The number of hydrogen-bond donors (Lipinski definition) is 0. The standard InChI is InChI=1S/C28H19NO4S/c30-18-20-10-14-22(15-11-20)27-25-8-4-5-9-26(25)29(34(32,33)24-6-2-1-3-7-24)28(27)23-16-12-21(19-31)13-17-23/h1-19H. The maximum atomic E-state index is 14.0. The summed E-state index contributed by atoms with van der Waals surface area (Å²) in [6, 6.07) is 29.5. The van der Waals surface area contributed by atoms with Crippen LogP contribution in [-0.2, 0) is 10.0 Å². The monoisotopic (exact) mass is 465 g/mol. The predicted octanol–water partition coefficient (Wildman–Crippen LogP) is 5.84. The Bertz CT molecular complexity index is 1620. The minimum atomic E-state index is -3.97. The van der Waals surface area contributed by atoms with Crippen molar-refractivity contribution in [2.24, 2.45) is 0 Å². The van der Waals surface area contributed by atoms with Gasteiger partial charge in [-0.25, -0.2) is 12.4 Å². The van der Waals surface area contributed by atoms with Crippen LogP contribution in [0.15, 0.2) is 108 Å². The van der Waals surface area contributed by atoms with Gasteiger partial charge in [0, 0.05) is 22.1 Å². The maximum absolute atomic E-state index is 14.0. The van der Waals surface area contributed by atoms with Crippen molar-refractivity contribution in [2.75, 3.05) is 0 Å². The molecular weight excluding hydrogens is 446 g/mol. The molecule has 0 fully saturated rings. The molecule has 166 valence electrons. The van der Waals surface area contributed by atoms with Crippen LogP contribution in [-0.4, -0.2) is 25.0 Å². The minimum absolute atomic E-state index is 0.171. The van der Waals surface area contributed by atoms with Gasteiger partial charge in [-0.2, -0.15) is 0 Å². The number of aromatic nitrogens is 1. The Balaban J connectivity index is 1.92. The van der Waals surface area contributed by atoms with Crippen molar-refractivity contribution < 1.29 is 18.0 Å². The zero-order chi connectivity index (χ0) is 23.7. The molecule has 0 radical (unpaired) electrons. The van der Waals surface area contributed by atoms with Gasteiger partial charge in [0.15, 0.2) is 0 Å². The van der Waals surface area contributed by atoms with E-state index in [1.165, 1.54) is 3.97 Å². The van der Waals surface area contributed by atoms with E-state index in [1.807, 2.05) is 24.3 Å². The highest BCUT2D eigenvalue weighted by Crippen LogP contribution is 2.42. The van der Waals surface area contributed by atoms with Gasteiger partial charge in [-0.05, 0) is 29.3 Å². The van der Waals surface area contributed by atoms with Crippen LogP contribution in [0.5, 0.6) is 0 Å². The van der Waals surface area contributed by atoms with Crippen molar-refractivity contribution in [3.05, 3.63) is 114 Å². The number of carbonyl (C=O) groups excluding carboxylic acids is 2. The first-order valence-electron chi connectivity index (χ1n) is 10.6. The lowest BCUT2D eigenvalue weighted by Crippen LogP contribution is -2.14. The highest BCUT2D eigenvalue weighted by Gasteiger charge is 2.28. The second-order valence-corrected chi connectivity index (χ2v) is 9.59. The molecule has 0 amide bonds. The number of rotatable bonds is 6. The Kier molecular flexibility index (Phi) is 5.43. The Labute approximate surface area is 197 Å². The number of nitrogens with zero attached hydrogens (tertiary/aromatic N) is 1. The third-order valence-corrected chi connectivity index (χ3v) is 7.50. The van der Waals surface area contributed by atoms with Gasteiger partial charge in [0.1, 0.15) is 12.6 Å². The van der Waals surface area contributed by atoms with E-state index in [2.05, 4.69) is 0 Å². The summed E-state index contributed by atoms with van der Waals surface area (Å²) in [5.41, 5.74) is 4.20. The van der Waals surface area contributed by atoms with Crippen LogP contribution in [0.4, 0.5) is 0 Å². The molecule has 4 aromatic carbocycles. The highest BCUT2D eigenvalue weighted by molar-refractivity contribution is 7.90. The van der Waals surface area contributed by atoms with Crippen molar-refractivity contribution in [3.8, 4) is 22.4 Å². The first-order valence-corrected chi connectivity index (χ1v) is 12.0. The quantitative estimate of drug-likeness (QED) is 0.296. The molecular formula is C28H19NO4S. The van der Waals surface area contributed by atoms with Crippen LogP contribution in [0.25, 0.3) is 33.3 Å². The summed E-state index contributed by atoms with van der Waals surface area (Å²) >= 11 is 0. The Morgan fingerprint density at radius 2 is 1.12 bits per heavy atom. The van der Waals surface area contributed by atoms with Crippen LogP contribution >= 0.6 is 0 Å². The number of aldehydes is 2. The molecule has 6 heteroatoms. The van der Waals surface area contributed by atoms with Crippen LogP contribution in [0, 0.1) is 0 Å². The molecule has 1 heterocycles. The molecule has 0 unspecified atom stereocenters. The van der Waals surface area contributed by atoms with Gasteiger partial charge in [0.2, 0.25) is 0 Å². The molecule has 0 aliphatic carbocycles. The SMILES string of the molecule is O=Cc1ccc(-c2c(-c3ccc(C=O)cc3)n(S(=O)(=O)c3ccccc3)c3ccccc23)cc1. The summed E-state index contributed by atoms with van der Waals surface area (Å²) in [5, 5.41) is 0.760. The summed E-state index contributed by atoms with van der Waals surface area (Å²) in [5.74, 6) is 0. The second-order valence-electron chi connectivity index (χ2n) is 7.80. The normalized spacial score (nSPS) is 11.4. The number of carbonyl (C=O) groups is 2. The van der Waals surface area contributed by atoms with Gasteiger partial charge in [-0.3, -0.25) is 9.59 Å². The van der Waals surface area contributed by atoms with Crippen LogP contribution in [0.3, 0.4) is 0 Å². The summed E-state index contributed by atoms with van der Waals surface area (Å²) in [4.78, 5) is 22.6. The molecule has 1 aromatic heterocycles. The van der Waals surface area contributed by atoms with E-state index in [1.54, 1.807) is 78.9 Å². The van der Waals surface area contributed by atoms with E-state index in [9.17, 15) is 18.0 Å². The van der Waals surface area contributed by atoms with Crippen molar-refractivity contribution in [3.63, 3.8) is 0 Å². The molecule has 0 aliphatic heterocycles. The third kappa shape index (κ3) is 3.54. The Hall–Kier alpha value is -4.29. The van der Waals surface area contributed by atoms with Crippen LogP contribution in [0.1, 0.15) is 20.7 Å². The first-order chi connectivity index (χ1) is 16.5. The lowest BCUT2D eigenvalue weighted by molar-refractivity contribution is 0.111. The molecule has 5 aromatic rings. The topological polar surface area (TPSA) is 73.2 Å². The molecule has 5 rings (SSSR count). The van der Waals surface area contributed by atoms with Crippen LogP contribution in [0.2, 0.25) is 0 Å². The predicted molar refractivity (Wildman–Crippen MR) is 133 cm³/mol. The molecule has 0 saturated carbocycles. The molecule has 0 aliphatic rings. The van der Waals surface area contributed by atoms with Gasteiger partial charge in [0.05, 0.1) is 16.1 Å². The number of para-hydroxylation sites is 1.